The maximum Gasteiger partial charge on any atom is 0.233 e. The summed E-state index contributed by atoms with van der Waals surface area (Å²) in [5, 5.41) is 10.9. The minimum Gasteiger partial charge on any atom is -0.395 e. The summed E-state index contributed by atoms with van der Waals surface area (Å²) in [5.74, 6) is 0.748. The molecule has 2 rings (SSSR count). The Morgan fingerprint density at radius 3 is 2.78 bits per heavy atom. The molecule has 1 aromatic heterocycles. The van der Waals surface area contributed by atoms with E-state index in [0.29, 0.717) is 12.3 Å². The molecule has 1 aromatic rings. The van der Waals surface area contributed by atoms with Gasteiger partial charge in [0.15, 0.2) is 0 Å². The van der Waals surface area contributed by atoms with Crippen molar-refractivity contribution in [2.75, 3.05) is 45.1 Å². The van der Waals surface area contributed by atoms with Gasteiger partial charge in [0.25, 0.3) is 0 Å². The number of piperazine rings is 1. The second kappa shape index (κ2) is 7.13. The second-order valence-corrected chi connectivity index (χ2v) is 6.39. The second-order valence-electron chi connectivity index (χ2n) is 4.17. The van der Waals surface area contributed by atoms with Gasteiger partial charge in [0.05, 0.1) is 16.6 Å². The Labute approximate surface area is 116 Å². The quantitative estimate of drug-likeness (QED) is 0.820. The molecular weight excluding hydrogens is 268 g/mol. The van der Waals surface area contributed by atoms with Gasteiger partial charge in [0.1, 0.15) is 0 Å². The Hall–Kier alpha value is -0.560. The summed E-state index contributed by atoms with van der Waals surface area (Å²) in [4.78, 5) is 16.1. The van der Waals surface area contributed by atoms with E-state index >= 15 is 0 Å². The van der Waals surface area contributed by atoms with E-state index in [1.54, 1.807) is 23.1 Å². The van der Waals surface area contributed by atoms with E-state index in [2.05, 4.69) is 4.90 Å². The summed E-state index contributed by atoms with van der Waals surface area (Å²) >= 11 is 3.29. The van der Waals surface area contributed by atoms with Crippen molar-refractivity contribution >= 4 is 29.0 Å². The first kappa shape index (κ1) is 13.9. The van der Waals surface area contributed by atoms with Crippen molar-refractivity contribution in [1.82, 2.24) is 9.80 Å². The minimum atomic E-state index is 0.197. The van der Waals surface area contributed by atoms with Gasteiger partial charge in [-0.1, -0.05) is 6.07 Å². The fraction of sp³-hybridized carbons (Fsp3) is 0.583. The number of hydrogen-bond donors (Lipinski definition) is 1. The molecule has 2 heterocycles. The highest BCUT2D eigenvalue weighted by molar-refractivity contribution is 8.01. The predicted octanol–water partition coefficient (Wildman–Crippen LogP) is 0.977. The van der Waals surface area contributed by atoms with Crippen molar-refractivity contribution in [1.29, 1.82) is 0 Å². The third-order valence-corrected chi connectivity index (χ3v) is 5.09. The number of thioether (sulfide) groups is 1. The van der Waals surface area contributed by atoms with Crippen LogP contribution in [0.25, 0.3) is 0 Å². The van der Waals surface area contributed by atoms with Gasteiger partial charge in [-0.15, -0.1) is 23.1 Å². The molecule has 0 unspecified atom stereocenters. The van der Waals surface area contributed by atoms with Crippen LogP contribution in [0.1, 0.15) is 0 Å². The summed E-state index contributed by atoms with van der Waals surface area (Å²) in [6, 6.07) is 4.05. The Balaban J connectivity index is 1.70. The molecule has 1 saturated heterocycles. The number of carbonyl (C=O) groups excluding carboxylic acids is 1. The molecule has 0 saturated carbocycles. The van der Waals surface area contributed by atoms with Crippen molar-refractivity contribution in [3.8, 4) is 0 Å². The van der Waals surface area contributed by atoms with E-state index in [-0.39, 0.29) is 12.5 Å². The van der Waals surface area contributed by atoms with Gasteiger partial charge in [-0.05, 0) is 11.4 Å². The Morgan fingerprint density at radius 2 is 2.17 bits per heavy atom. The lowest BCUT2D eigenvalue weighted by Crippen LogP contribution is -2.49. The van der Waals surface area contributed by atoms with Crippen LogP contribution < -0.4 is 0 Å². The number of carbonyl (C=O) groups is 1. The molecule has 0 radical (unpaired) electrons. The molecule has 1 amide bonds. The van der Waals surface area contributed by atoms with Gasteiger partial charge in [-0.25, -0.2) is 0 Å². The first-order valence-electron chi connectivity index (χ1n) is 6.07. The number of thiophene rings is 1. The molecule has 1 N–H and O–H groups in total. The van der Waals surface area contributed by atoms with Gasteiger partial charge in [-0.2, -0.15) is 0 Å². The maximum absolute atomic E-state index is 12.0. The number of β-amino-alcohol motifs (C(OH)–C–C–N with tert-alkyl or cyclic N) is 1. The van der Waals surface area contributed by atoms with E-state index in [1.165, 1.54) is 4.21 Å². The number of nitrogens with zero attached hydrogens (tertiary/aromatic N) is 2. The van der Waals surface area contributed by atoms with Crippen LogP contribution in [-0.4, -0.2) is 65.9 Å². The summed E-state index contributed by atoms with van der Waals surface area (Å²) in [6.07, 6.45) is 0. The summed E-state index contributed by atoms with van der Waals surface area (Å²) in [7, 11) is 0. The SMILES string of the molecule is O=C(CSc1cccs1)N1CCN(CCO)CC1. The zero-order chi connectivity index (χ0) is 12.8. The highest BCUT2D eigenvalue weighted by Crippen LogP contribution is 2.23. The zero-order valence-electron chi connectivity index (χ0n) is 10.2. The molecule has 100 valence electrons. The molecule has 18 heavy (non-hydrogen) atoms. The molecule has 0 atom stereocenters. The van der Waals surface area contributed by atoms with Crippen LogP contribution in [0.2, 0.25) is 0 Å². The summed E-state index contributed by atoms with van der Waals surface area (Å²) in [5.41, 5.74) is 0. The monoisotopic (exact) mass is 286 g/mol. The van der Waals surface area contributed by atoms with Crippen molar-refractivity contribution in [2.24, 2.45) is 0 Å². The summed E-state index contributed by atoms with van der Waals surface area (Å²) in [6.45, 7) is 4.22. The highest BCUT2D eigenvalue weighted by atomic mass is 32.2. The first-order valence-corrected chi connectivity index (χ1v) is 7.93. The van der Waals surface area contributed by atoms with E-state index in [0.717, 1.165) is 26.2 Å². The number of aliphatic hydroxyl groups is 1. The number of amides is 1. The highest BCUT2D eigenvalue weighted by Gasteiger charge is 2.20. The molecule has 4 nitrogen and oxygen atoms in total. The Morgan fingerprint density at radius 1 is 1.39 bits per heavy atom. The van der Waals surface area contributed by atoms with Crippen LogP contribution in [0, 0.1) is 0 Å². The third-order valence-electron chi connectivity index (χ3n) is 2.97. The third kappa shape index (κ3) is 3.98. The largest absolute Gasteiger partial charge is 0.395 e. The average Bonchev–Trinajstić information content (AvgIpc) is 2.90. The molecule has 0 aliphatic carbocycles. The number of hydrogen-bond acceptors (Lipinski definition) is 5. The van der Waals surface area contributed by atoms with E-state index in [4.69, 9.17) is 5.11 Å². The minimum absolute atomic E-state index is 0.197. The van der Waals surface area contributed by atoms with Gasteiger partial charge in [-0.3, -0.25) is 9.69 Å². The van der Waals surface area contributed by atoms with Gasteiger partial charge in [0, 0.05) is 32.7 Å². The van der Waals surface area contributed by atoms with Crippen molar-refractivity contribution in [3.05, 3.63) is 17.5 Å². The summed E-state index contributed by atoms with van der Waals surface area (Å²) < 4.78 is 1.20. The standard InChI is InChI=1S/C12H18N2O2S2/c15-8-7-13-3-5-14(6-4-13)11(16)10-18-12-2-1-9-17-12/h1-2,9,15H,3-8,10H2. The fourth-order valence-corrected chi connectivity index (χ4v) is 3.62. The van der Waals surface area contributed by atoms with Gasteiger partial charge >= 0.3 is 0 Å². The molecular formula is C12H18N2O2S2. The topological polar surface area (TPSA) is 43.8 Å². The van der Waals surface area contributed by atoms with Crippen LogP contribution in [0.4, 0.5) is 0 Å². The lowest BCUT2D eigenvalue weighted by Gasteiger charge is -2.34. The van der Waals surface area contributed by atoms with Crippen LogP contribution in [0.3, 0.4) is 0 Å². The average molecular weight is 286 g/mol. The predicted molar refractivity (Wildman–Crippen MR) is 75.1 cm³/mol. The molecule has 0 aromatic carbocycles. The molecule has 1 aliphatic rings. The maximum atomic E-state index is 12.0. The van der Waals surface area contributed by atoms with Gasteiger partial charge < -0.3 is 10.0 Å². The Kier molecular flexibility index (Phi) is 5.49. The normalized spacial score (nSPS) is 17.1. The number of rotatable bonds is 5. The van der Waals surface area contributed by atoms with Crippen LogP contribution in [-0.2, 0) is 4.79 Å². The number of aliphatic hydroxyl groups excluding tert-OH is 1. The van der Waals surface area contributed by atoms with Crippen molar-refractivity contribution in [2.45, 2.75) is 4.21 Å². The van der Waals surface area contributed by atoms with E-state index in [9.17, 15) is 4.79 Å². The van der Waals surface area contributed by atoms with Crippen LogP contribution in [0.15, 0.2) is 21.7 Å². The molecule has 6 heteroatoms. The molecule has 0 spiro atoms. The van der Waals surface area contributed by atoms with E-state index < -0.39 is 0 Å². The Bertz CT molecular complexity index is 362. The lowest BCUT2D eigenvalue weighted by molar-refractivity contribution is -0.130. The molecule has 1 fully saturated rings. The smallest absolute Gasteiger partial charge is 0.233 e. The molecule has 0 bridgehead atoms. The van der Waals surface area contributed by atoms with Crippen molar-refractivity contribution in [3.63, 3.8) is 0 Å². The zero-order valence-corrected chi connectivity index (χ0v) is 11.9. The van der Waals surface area contributed by atoms with Crippen LogP contribution in [0.5, 0.6) is 0 Å². The lowest BCUT2D eigenvalue weighted by atomic mass is 10.3. The van der Waals surface area contributed by atoms with Crippen LogP contribution >= 0.6 is 23.1 Å². The first-order chi connectivity index (χ1) is 8.79. The fourth-order valence-electron chi connectivity index (χ4n) is 1.93. The van der Waals surface area contributed by atoms with E-state index in [1.807, 2.05) is 22.4 Å². The molecule has 1 aliphatic heterocycles. The van der Waals surface area contributed by atoms with Crippen molar-refractivity contribution < 1.29 is 9.90 Å². The van der Waals surface area contributed by atoms with Gasteiger partial charge in [0.2, 0.25) is 5.91 Å².